The number of hydrogen-bond donors (Lipinski definition) is 2. The number of hydrogen-bond acceptors (Lipinski definition) is 8. The summed E-state index contributed by atoms with van der Waals surface area (Å²) in [5.74, 6) is -0.881. The molecule has 0 amide bonds. The maximum atomic E-state index is 12.5. The van der Waals surface area contributed by atoms with Gasteiger partial charge in [0, 0.05) is 19.4 Å². The van der Waals surface area contributed by atoms with E-state index in [2.05, 4.69) is 98.9 Å². The summed E-state index contributed by atoms with van der Waals surface area (Å²) in [4.78, 5) is 34.6. The van der Waals surface area contributed by atoms with Gasteiger partial charge in [0.25, 0.3) is 0 Å². The van der Waals surface area contributed by atoms with Gasteiger partial charge in [0.1, 0.15) is 6.61 Å². The predicted octanol–water partition coefficient (Wildman–Crippen LogP) is 11.7. The van der Waals surface area contributed by atoms with E-state index in [-0.39, 0.29) is 32.6 Å². The van der Waals surface area contributed by atoms with E-state index < -0.39 is 32.5 Å². The molecule has 0 aromatic heterocycles. The maximum Gasteiger partial charge on any atom is 0.472 e. The van der Waals surface area contributed by atoms with Crippen molar-refractivity contribution in [1.82, 2.24) is 0 Å². The number of phosphoric acid groups is 1. The topological polar surface area (TPSA) is 134 Å². The highest BCUT2D eigenvalue weighted by molar-refractivity contribution is 7.47. The Bertz CT molecular complexity index is 1160. The molecule has 0 saturated carbocycles. The van der Waals surface area contributed by atoms with E-state index in [1.807, 2.05) is 0 Å². The molecule has 0 aliphatic rings. The van der Waals surface area contributed by atoms with Gasteiger partial charge in [0.15, 0.2) is 6.10 Å². The van der Waals surface area contributed by atoms with Gasteiger partial charge in [-0.2, -0.15) is 0 Å². The summed E-state index contributed by atoms with van der Waals surface area (Å²) >= 11 is 0. The van der Waals surface area contributed by atoms with Crippen molar-refractivity contribution in [2.75, 3.05) is 26.4 Å². The number of rotatable bonds is 37. The van der Waals surface area contributed by atoms with Crippen molar-refractivity contribution in [1.29, 1.82) is 0 Å². The van der Waals surface area contributed by atoms with Crippen LogP contribution in [-0.2, 0) is 32.7 Å². The quantitative estimate of drug-likeness (QED) is 0.0274. The summed E-state index contributed by atoms with van der Waals surface area (Å²) in [7, 11) is -4.38. The molecule has 0 rings (SSSR count). The lowest BCUT2D eigenvalue weighted by Gasteiger charge is -2.19. The molecule has 0 aromatic carbocycles. The molecule has 0 radical (unpaired) electrons. The van der Waals surface area contributed by atoms with Crippen molar-refractivity contribution in [2.45, 2.75) is 155 Å². The van der Waals surface area contributed by atoms with E-state index in [0.717, 1.165) is 83.5 Å². The number of carbonyl (C=O) groups is 2. The lowest BCUT2D eigenvalue weighted by Crippen LogP contribution is -2.29. The summed E-state index contributed by atoms with van der Waals surface area (Å²) < 4.78 is 32.6. The van der Waals surface area contributed by atoms with E-state index in [1.54, 1.807) is 0 Å². The standard InChI is InChI=1S/C44H74NO8P/c1-3-5-7-9-11-13-14-15-16-17-18-19-20-21-22-23-24-25-26-27-28-29-31-33-35-37-44(47)53-42(41-52-54(48,49)51-39-38-45)40-50-43(46)36-34-32-30-12-10-8-6-4-2/h5,7,11,13,15-16,18-19,21-22,24-25,27-28,42H,3-4,6,8-10,12,14,17,20,23,26,29-41,45H2,1-2H3,(H,48,49)/b7-5-,13-11-,16-15-,19-18-,22-21-,25-24-,28-27-. The fourth-order valence-corrected chi connectivity index (χ4v) is 5.79. The molecule has 9 nitrogen and oxygen atoms in total. The van der Waals surface area contributed by atoms with Crippen LogP contribution in [0.2, 0.25) is 0 Å². The van der Waals surface area contributed by atoms with Crippen molar-refractivity contribution in [3.05, 3.63) is 85.1 Å². The number of unbranched alkanes of at least 4 members (excludes halogenated alkanes) is 10. The van der Waals surface area contributed by atoms with Gasteiger partial charge in [0.05, 0.1) is 13.2 Å². The molecule has 0 saturated heterocycles. The van der Waals surface area contributed by atoms with E-state index in [0.29, 0.717) is 6.42 Å². The zero-order chi connectivity index (χ0) is 39.6. The molecule has 0 aromatic rings. The minimum Gasteiger partial charge on any atom is -0.462 e. The Morgan fingerprint density at radius 2 is 1.02 bits per heavy atom. The highest BCUT2D eigenvalue weighted by atomic mass is 31.2. The molecule has 308 valence electrons. The van der Waals surface area contributed by atoms with Crippen molar-refractivity contribution in [2.24, 2.45) is 5.73 Å². The van der Waals surface area contributed by atoms with Crippen LogP contribution in [0.1, 0.15) is 149 Å². The fraction of sp³-hybridized carbons (Fsp3) is 0.636. The molecule has 0 bridgehead atoms. The Balaban J connectivity index is 4.20. The van der Waals surface area contributed by atoms with Crippen LogP contribution in [0.15, 0.2) is 85.1 Å². The summed E-state index contributed by atoms with van der Waals surface area (Å²) in [5, 5.41) is 0. The average molecular weight is 776 g/mol. The van der Waals surface area contributed by atoms with Crippen molar-refractivity contribution in [3.63, 3.8) is 0 Å². The van der Waals surface area contributed by atoms with Crippen molar-refractivity contribution >= 4 is 19.8 Å². The van der Waals surface area contributed by atoms with Crippen LogP contribution in [0.3, 0.4) is 0 Å². The minimum atomic E-state index is -4.38. The van der Waals surface area contributed by atoms with Crippen LogP contribution in [-0.4, -0.2) is 49.3 Å². The summed E-state index contributed by atoms with van der Waals surface area (Å²) in [5.41, 5.74) is 5.33. The van der Waals surface area contributed by atoms with Gasteiger partial charge in [-0.3, -0.25) is 18.6 Å². The Labute approximate surface area is 328 Å². The highest BCUT2D eigenvalue weighted by Crippen LogP contribution is 2.43. The van der Waals surface area contributed by atoms with E-state index in [4.69, 9.17) is 24.3 Å². The van der Waals surface area contributed by atoms with Gasteiger partial charge in [-0.25, -0.2) is 4.57 Å². The number of phosphoric ester groups is 1. The molecule has 0 aliphatic carbocycles. The first-order chi connectivity index (χ1) is 26.3. The third kappa shape index (κ3) is 38.9. The molecular weight excluding hydrogens is 701 g/mol. The molecule has 2 unspecified atom stereocenters. The average Bonchev–Trinajstić information content (AvgIpc) is 3.16. The van der Waals surface area contributed by atoms with E-state index in [1.165, 1.54) is 32.1 Å². The van der Waals surface area contributed by atoms with Gasteiger partial charge in [0.2, 0.25) is 0 Å². The molecule has 0 fully saturated rings. The predicted molar refractivity (Wildman–Crippen MR) is 224 cm³/mol. The zero-order valence-corrected chi connectivity index (χ0v) is 34.6. The second kappa shape index (κ2) is 39.9. The zero-order valence-electron chi connectivity index (χ0n) is 33.7. The Hall–Kier alpha value is -2.81. The van der Waals surface area contributed by atoms with Gasteiger partial charge in [-0.05, 0) is 70.6 Å². The molecule has 0 spiro atoms. The molecule has 10 heteroatoms. The van der Waals surface area contributed by atoms with Gasteiger partial charge >= 0.3 is 19.8 Å². The Morgan fingerprint density at radius 3 is 1.52 bits per heavy atom. The molecule has 3 N–H and O–H groups in total. The first-order valence-electron chi connectivity index (χ1n) is 20.6. The second-order valence-electron chi connectivity index (χ2n) is 13.1. The second-order valence-corrected chi connectivity index (χ2v) is 14.6. The van der Waals surface area contributed by atoms with Crippen LogP contribution in [0.5, 0.6) is 0 Å². The van der Waals surface area contributed by atoms with E-state index in [9.17, 15) is 19.0 Å². The molecular formula is C44H74NO8P. The summed E-state index contributed by atoms with van der Waals surface area (Å²) in [6, 6.07) is 0. The number of ether oxygens (including phenoxy) is 2. The van der Waals surface area contributed by atoms with Gasteiger partial charge in [-0.1, -0.05) is 150 Å². The van der Waals surface area contributed by atoms with Crippen molar-refractivity contribution in [3.8, 4) is 0 Å². The monoisotopic (exact) mass is 776 g/mol. The Kier molecular flexibility index (Phi) is 37.8. The van der Waals surface area contributed by atoms with Crippen LogP contribution in [0, 0.1) is 0 Å². The van der Waals surface area contributed by atoms with Crippen LogP contribution in [0.25, 0.3) is 0 Å². The number of carbonyl (C=O) groups excluding carboxylic acids is 2. The molecule has 0 aliphatic heterocycles. The molecule has 0 heterocycles. The maximum absolute atomic E-state index is 12.5. The number of allylic oxidation sites excluding steroid dienone is 14. The third-order valence-electron chi connectivity index (χ3n) is 8.05. The smallest absolute Gasteiger partial charge is 0.462 e. The number of nitrogens with two attached hydrogens (primary N) is 1. The fourth-order valence-electron chi connectivity index (χ4n) is 5.02. The lowest BCUT2D eigenvalue weighted by molar-refractivity contribution is -0.161. The van der Waals surface area contributed by atoms with Gasteiger partial charge in [-0.15, -0.1) is 0 Å². The van der Waals surface area contributed by atoms with Crippen LogP contribution < -0.4 is 5.73 Å². The summed E-state index contributed by atoms with van der Waals surface area (Å²) in [6.07, 6.45) is 49.2. The normalized spacial score (nSPS) is 14.2. The molecule has 54 heavy (non-hydrogen) atoms. The third-order valence-corrected chi connectivity index (χ3v) is 9.03. The largest absolute Gasteiger partial charge is 0.472 e. The molecule has 2 atom stereocenters. The SMILES string of the molecule is CC/C=C\C/C=C\C/C=C\C/C=C\C/C=C\C/C=C\C/C=C\CCCCCC(=O)OC(COC(=O)CCCCCCCCCC)COP(=O)(O)OCCN. The summed E-state index contributed by atoms with van der Waals surface area (Å²) in [6.45, 7) is 3.51. The number of esters is 2. The Morgan fingerprint density at radius 1 is 0.574 bits per heavy atom. The van der Waals surface area contributed by atoms with Crippen molar-refractivity contribution < 1.29 is 37.6 Å². The highest BCUT2D eigenvalue weighted by Gasteiger charge is 2.25. The first-order valence-corrected chi connectivity index (χ1v) is 22.1. The lowest BCUT2D eigenvalue weighted by atomic mass is 10.1. The first kappa shape index (κ1) is 51.2. The van der Waals surface area contributed by atoms with Crippen LogP contribution >= 0.6 is 7.82 Å². The minimum absolute atomic E-state index is 0.0436. The van der Waals surface area contributed by atoms with Crippen LogP contribution in [0.4, 0.5) is 0 Å². The van der Waals surface area contributed by atoms with E-state index >= 15 is 0 Å². The van der Waals surface area contributed by atoms with Gasteiger partial charge < -0.3 is 20.1 Å².